The third-order valence-corrected chi connectivity index (χ3v) is 9.87. The Morgan fingerprint density at radius 1 is 0.814 bits per heavy atom. The van der Waals surface area contributed by atoms with Crippen LogP contribution in [0.5, 0.6) is 0 Å². The molecule has 0 saturated carbocycles. The van der Waals surface area contributed by atoms with Crippen molar-refractivity contribution in [2.75, 3.05) is 30.3 Å². The van der Waals surface area contributed by atoms with Gasteiger partial charge in [0.15, 0.2) is 0 Å². The zero-order valence-corrected chi connectivity index (χ0v) is 25.5. The number of carbonyl (C=O) groups excluding carboxylic acids is 3. The van der Waals surface area contributed by atoms with E-state index in [4.69, 9.17) is 11.5 Å². The van der Waals surface area contributed by atoms with Crippen molar-refractivity contribution in [1.82, 2.24) is 21.3 Å². The highest BCUT2D eigenvalue weighted by molar-refractivity contribution is 8.00. The molecule has 5 rings (SSSR count). The number of fused-ring (bicyclic) bond motifs is 3. The second-order valence-electron chi connectivity index (χ2n) is 11.7. The molecule has 11 heteroatoms. The lowest BCUT2D eigenvalue weighted by Crippen LogP contribution is -2.36. The molecule has 8 N–H and O–H groups in total. The van der Waals surface area contributed by atoms with E-state index in [1.54, 1.807) is 0 Å². The number of amides is 4. The van der Waals surface area contributed by atoms with Crippen molar-refractivity contribution in [2.24, 2.45) is 0 Å². The monoisotopic (exact) mass is 606 g/mol. The number of nitrogens with two attached hydrogens (primary N) is 2. The van der Waals surface area contributed by atoms with E-state index in [0.717, 1.165) is 66.1 Å². The topological polar surface area (TPSA) is 155 Å². The fraction of sp³-hybridized carbons (Fsp3) is 0.500. The molecule has 0 bridgehead atoms. The molecule has 43 heavy (non-hydrogen) atoms. The predicted octanol–water partition coefficient (Wildman–Crippen LogP) is 3.35. The minimum atomic E-state index is -0.0545. The number of pyridine rings is 1. The first-order valence-electron chi connectivity index (χ1n) is 15.5. The molecular formula is C32H44N7O3S+. The van der Waals surface area contributed by atoms with Crippen molar-refractivity contribution in [3.63, 3.8) is 0 Å². The number of anilines is 2. The Bertz CT molecular complexity index is 1410. The van der Waals surface area contributed by atoms with E-state index >= 15 is 0 Å². The molecule has 3 unspecified atom stereocenters. The van der Waals surface area contributed by atoms with E-state index in [-0.39, 0.29) is 29.9 Å². The summed E-state index contributed by atoms with van der Waals surface area (Å²) in [6.07, 6.45) is 7.29. The molecule has 4 amide bonds. The molecule has 3 heterocycles. The summed E-state index contributed by atoms with van der Waals surface area (Å²) in [7, 11) is 0. The van der Waals surface area contributed by atoms with Gasteiger partial charge in [-0.2, -0.15) is 16.3 Å². The summed E-state index contributed by atoms with van der Waals surface area (Å²) in [4.78, 5) is 36.1. The van der Waals surface area contributed by atoms with E-state index in [0.29, 0.717) is 55.5 Å². The van der Waals surface area contributed by atoms with Crippen molar-refractivity contribution in [3.8, 4) is 0 Å². The van der Waals surface area contributed by atoms with Crippen LogP contribution < -0.4 is 37.3 Å². The summed E-state index contributed by atoms with van der Waals surface area (Å²) in [6.45, 7) is 1.99. The van der Waals surface area contributed by atoms with Gasteiger partial charge in [0.05, 0.1) is 12.1 Å². The smallest absolute Gasteiger partial charge is 0.315 e. The second-order valence-corrected chi connectivity index (χ2v) is 12.9. The van der Waals surface area contributed by atoms with Crippen molar-refractivity contribution in [3.05, 3.63) is 42.5 Å². The number of nitrogens with one attached hydrogen (secondary N) is 4. The number of benzene rings is 2. The van der Waals surface area contributed by atoms with Gasteiger partial charge in [-0.15, -0.1) is 0 Å². The first kappa shape index (κ1) is 30.7. The zero-order valence-electron chi connectivity index (χ0n) is 24.7. The summed E-state index contributed by atoms with van der Waals surface area (Å²) >= 11 is 1.91. The van der Waals surface area contributed by atoms with Crippen LogP contribution in [0.1, 0.15) is 57.8 Å². The maximum atomic E-state index is 12.5. The molecule has 2 saturated heterocycles. The van der Waals surface area contributed by atoms with Gasteiger partial charge in [0.25, 0.3) is 0 Å². The number of rotatable bonds is 15. The van der Waals surface area contributed by atoms with Crippen LogP contribution in [0.3, 0.4) is 0 Å². The quantitative estimate of drug-likeness (QED) is 0.0513. The number of nitrogens with zero attached hydrogens (tertiary/aromatic N) is 1. The van der Waals surface area contributed by atoms with Crippen molar-refractivity contribution in [1.29, 1.82) is 0 Å². The van der Waals surface area contributed by atoms with Crippen LogP contribution in [0.15, 0.2) is 42.5 Å². The average molecular weight is 607 g/mol. The Morgan fingerprint density at radius 2 is 1.44 bits per heavy atom. The Morgan fingerprint density at radius 3 is 2.09 bits per heavy atom. The highest BCUT2D eigenvalue weighted by Gasteiger charge is 2.42. The van der Waals surface area contributed by atoms with Gasteiger partial charge in [-0.3, -0.25) is 9.59 Å². The SMILES string of the molecule is Nc1ccc2cc3ccc(N)cc3[n+](CCCC(=O)NCCCCCNC(=O)CCCCC3SCC4NC(=O)NC43)c2c1. The summed E-state index contributed by atoms with van der Waals surface area (Å²) in [5, 5.41) is 14.7. The van der Waals surface area contributed by atoms with E-state index in [1.165, 1.54) is 0 Å². The van der Waals surface area contributed by atoms with Gasteiger partial charge in [0.2, 0.25) is 22.8 Å². The molecule has 10 nitrogen and oxygen atoms in total. The summed E-state index contributed by atoms with van der Waals surface area (Å²) < 4.78 is 2.20. The standard InChI is InChI=1S/C32H43N7O3S/c33-23-12-10-21-17-22-11-13-24(34)19-27(22)39(26(21)18-23)16-6-9-30(41)36-15-5-1-4-14-35-29(40)8-3-2-7-28-31-25(20-43-28)37-32(42)38-31/h10-13,17-19,25,28,31H,1-9,14-16,20H2,(H7,33,34,35,36,37,38,40,41,42)/p+1. The maximum absolute atomic E-state index is 12.5. The van der Waals surface area contributed by atoms with Gasteiger partial charge in [-0.1, -0.05) is 6.42 Å². The van der Waals surface area contributed by atoms with Crippen molar-refractivity contribution in [2.45, 2.75) is 81.7 Å². The van der Waals surface area contributed by atoms with E-state index in [1.807, 2.05) is 48.2 Å². The van der Waals surface area contributed by atoms with E-state index in [2.05, 4.69) is 31.9 Å². The number of thioether (sulfide) groups is 1. The van der Waals surface area contributed by atoms with Gasteiger partial charge in [0.1, 0.15) is 6.54 Å². The highest BCUT2D eigenvalue weighted by atomic mass is 32.2. The first-order valence-corrected chi connectivity index (χ1v) is 16.6. The molecule has 2 aromatic carbocycles. The van der Waals surface area contributed by atoms with Gasteiger partial charge in [-0.05, 0) is 62.4 Å². The minimum Gasteiger partial charge on any atom is -0.399 e. The lowest BCUT2D eigenvalue weighted by Gasteiger charge is -2.16. The van der Waals surface area contributed by atoms with Crippen molar-refractivity contribution >= 4 is 62.8 Å². The fourth-order valence-electron chi connectivity index (χ4n) is 6.10. The van der Waals surface area contributed by atoms with Crippen molar-refractivity contribution < 1.29 is 19.0 Å². The third kappa shape index (κ3) is 8.22. The Kier molecular flexibility index (Phi) is 10.5. The number of aryl methyl sites for hydroxylation is 1. The Hall–Kier alpha value is -3.73. The van der Waals surface area contributed by atoms with Crippen LogP contribution in [0.25, 0.3) is 21.8 Å². The van der Waals surface area contributed by atoms with Crippen LogP contribution >= 0.6 is 11.8 Å². The summed E-state index contributed by atoms with van der Waals surface area (Å²) in [6, 6.07) is 14.4. The molecule has 1 aromatic heterocycles. The van der Waals surface area contributed by atoms with E-state index < -0.39 is 0 Å². The van der Waals surface area contributed by atoms with Crippen LogP contribution in [-0.4, -0.2) is 54.0 Å². The molecule has 2 aliphatic heterocycles. The largest absolute Gasteiger partial charge is 0.399 e. The molecule has 2 aliphatic rings. The lowest BCUT2D eigenvalue weighted by molar-refractivity contribution is -0.645. The molecule has 2 fully saturated rings. The number of nitrogen functional groups attached to an aromatic ring is 2. The van der Waals surface area contributed by atoms with Crippen LogP contribution in [0, 0.1) is 0 Å². The number of aromatic nitrogens is 1. The average Bonchev–Trinajstić information content (AvgIpc) is 3.54. The predicted molar refractivity (Wildman–Crippen MR) is 174 cm³/mol. The molecule has 0 aliphatic carbocycles. The van der Waals surface area contributed by atoms with Crippen LogP contribution in [0.4, 0.5) is 16.2 Å². The molecule has 3 atom stereocenters. The maximum Gasteiger partial charge on any atom is 0.315 e. The normalized spacial score (nSPS) is 19.3. The van der Waals surface area contributed by atoms with Gasteiger partial charge in [0, 0.05) is 77.6 Å². The van der Waals surface area contributed by atoms with Crippen LogP contribution in [0.2, 0.25) is 0 Å². The number of urea groups is 1. The minimum absolute atomic E-state index is 0.0515. The second kappa shape index (κ2) is 14.6. The Balaban J connectivity index is 0.922. The van der Waals surface area contributed by atoms with Crippen LogP contribution in [-0.2, 0) is 16.1 Å². The summed E-state index contributed by atoms with van der Waals surface area (Å²) in [5.41, 5.74) is 15.6. The number of hydrogen-bond donors (Lipinski definition) is 6. The highest BCUT2D eigenvalue weighted by Crippen LogP contribution is 2.33. The summed E-state index contributed by atoms with van der Waals surface area (Å²) in [5.74, 6) is 1.12. The zero-order chi connectivity index (χ0) is 30.2. The number of unbranched alkanes of at least 4 members (excludes halogenated alkanes) is 3. The lowest BCUT2D eigenvalue weighted by atomic mass is 10.0. The number of hydrogen-bond acceptors (Lipinski definition) is 6. The molecule has 3 aromatic rings. The Labute approximate surface area is 257 Å². The fourth-order valence-corrected chi connectivity index (χ4v) is 7.65. The van der Waals surface area contributed by atoms with E-state index in [9.17, 15) is 14.4 Å². The number of carbonyl (C=O) groups is 3. The third-order valence-electron chi connectivity index (χ3n) is 8.37. The molecule has 0 radical (unpaired) electrons. The van der Waals surface area contributed by atoms with Gasteiger partial charge < -0.3 is 32.7 Å². The van der Waals surface area contributed by atoms with Gasteiger partial charge >= 0.3 is 6.03 Å². The molecule has 230 valence electrons. The van der Waals surface area contributed by atoms with Gasteiger partial charge in [-0.25, -0.2) is 4.79 Å². The first-order chi connectivity index (χ1) is 20.9. The molecule has 0 spiro atoms. The molecular weight excluding hydrogens is 562 g/mol.